The first kappa shape index (κ1) is 22.2. The zero-order valence-corrected chi connectivity index (χ0v) is 17.6. The lowest BCUT2D eigenvalue weighted by molar-refractivity contribution is -0.119. The molecule has 0 radical (unpaired) electrons. The molecular formula is C22H24N4O5. The Bertz CT molecular complexity index is 1080. The zero-order chi connectivity index (χ0) is 22.6. The molecule has 1 aromatic heterocycles. The van der Waals surface area contributed by atoms with Crippen molar-refractivity contribution in [3.63, 3.8) is 0 Å². The second-order valence-electron chi connectivity index (χ2n) is 7.39. The summed E-state index contributed by atoms with van der Waals surface area (Å²) >= 11 is 0. The number of esters is 1. The van der Waals surface area contributed by atoms with Crippen molar-refractivity contribution in [2.75, 3.05) is 27.2 Å². The number of nitrogens with one attached hydrogen (secondary N) is 1. The number of hydrogen-bond donors (Lipinski definition) is 2. The molecule has 1 aliphatic heterocycles. The van der Waals surface area contributed by atoms with Crippen LogP contribution in [0.25, 0.3) is 5.69 Å². The van der Waals surface area contributed by atoms with Crippen LogP contribution in [0, 0.1) is 11.8 Å². The van der Waals surface area contributed by atoms with E-state index in [-0.39, 0.29) is 36.9 Å². The summed E-state index contributed by atoms with van der Waals surface area (Å²) < 4.78 is 6.43. The number of fused-ring (bicyclic) bond motifs is 1. The van der Waals surface area contributed by atoms with Crippen molar-refractivity contribution in [2.45, 2.75) is 25.5 Å². The van der Waals surface area contributed by atoms with Crippen molar-refractivity contribution in [1.82, 2.24) is 20.0 Å². The van der Waals surface area contributed by atoms with Gasteiger partial charge in [-0.3, -0.25) is 9.59 Å². The number of aldehydes is 1. The number of rotatable bonds is 7. The quantitative estimate of drug-likeness (QED) is 0.379. The smallest absolute Gasteiger partial charge is 0.359 e. The molecular weight excluding hydrogens is 400 g/mol. The fraction of sp³-hybridized carbons (Fsp3) is 0.364. The lowest BCUT2D eigenvalue weighted by atomic mass is 10.0. The molecule has 31 heavy (non-hydrogen) atoms. The standard InChI is InChI=1S/C22H24N4O5/c1-4-31-21(29)18-17-13-23-20(28)19(17)26(24-18)16-7-5-6-15(12-16)8-9-22(30,14-27)10-11-25(2)3/h5-7,12,14,30H,4,10-11,13H2,1-3H3,(H,23,28). The summed E-state index contributed by atoms with van der Waals surface area (Å²) in [5.74, 6) is 4.51. The third kappa shape index (κ3) is 4.82. The molecule has 0 saturated heterocycles. The Morgan fingerprint density at radius 2 is 2.23 bits per heavy atom. The molecule has 2 heterocycles. The topological polar surface area (TPSA) is 114 Å². The van der Waals surface area contributed by atoms with E-state index in [4.69, 9.17) is 4.74 Å². The van der Waals surface area contributed by atoms with Gasteiger partial charge in [-0.25, -0.2) is 9.48 Å². The average Bonchev–Trinajstić information content (AvgIpc) is 3.32. The van der Waals surface area contributed by atoms with Gasteiger partial charge in [-0.05, 0) is 39.2 Å². The normalized spacial score (nSPS) is 14.3. The second kappa shape index (κ2) is 9.12. The van der Waals surface area contributed by atoms with Crippen LogP contribution in [0.1, 0.15) is 45.4 Å². The molecule has 2 N–H and O–H groups in total. The maximum Gasteiger partial charge on any atom is 0.359 e. The van der Waals surface area contributed by atoms with Crippen molar-refractivity contribution in [2.24, 2.45) is 0 Å². The monoisotopic (exact) mass is 424 g/mol. The fourth-order valence-corrected chi connectivity index (χ4v) is 3.09. The number of aromatic nitrogens is 2. The maximum atomic E-state index is 12.3. The van der Waals surface area contributed by atoms with Gasteiger partial charge in [0, 0.05) is 30.6 Å². The van der Waals surface area contributed by atoms with Crippen molar-refractivity contribution in [3.05, 3.63) is 46.8 Å². The molecule has 3 rings (SSSR count). The summed E-state index contributed by atoms with van der Waals surface area (Å²) in [6.07, 6.45) is 0.607. The molecule has 0 saturated carbocycles. The zero-order valence-electron chi connectivity index (χ0n) is 17.6. The highest BCUT2D eigenvalue weighted by Gasteiger charge is 2.33. The van der Waals surface area contributed by atoms with Gasteiger partial charge < -0.3 is 20.1 Å². The Morgan fingerprint density at radius 3 is 2.90 bits per heavy atom. The molecule has 9 heteroatoms. The molecule has 0 bridgehead atoms. The third-order valence-electron chi connectivity index (χ3n) is 4.74. The summed E-state index contributed by atoms with van der Waals surface area (Å²) in [4.78, 5) is 37.8. The summed E-state index contributed by atoms with van der Waals surface area (Å²) in [6, 6.07) is 6.81. The first-order valence-corrected chi connectivity index (χ1v) is 9.82. The first-order valence-electron chi connectivity index (χ1n) is 9.82. The third-order valence-corrected chi connectivity index (χ3v) is 4.74. The van der Waals surface area contributed by atoms with Crippen molar-refractivity contribution < 1.29 is 24.2 Å². The Labute approximate surface area is 180 Å². The van der Waals surface area contributed by atoms with Crippen molar-refractivity contribution in [1.29, 1.82) is 0 Å². The number of hydrogen-bond acceptors (Lipinski definition) is 7. The number of carbonyl (C=O) groups excluding carboxylic acids is 3. The van der Waals surface area contributed by atoms with E-state index in [1.165, 1.54) is 4.68 Å². The highest BCUT2D eigenvalue weighted by molar-refractivity contribution is 6.01. The van der Waals surface area contributed by atoms with Gasteiger partial charge >= 0.3 is 5.97 Å². The lowest BCUT2D eigenvalue weighted by Crippen LogP contribution is -2.33. The number of ether oxygens (including phenoxy) is 1. The van der Waals surface area contributed by atoms with Crippen LogP contribution in [0.4, 0.5) is 0 Å². The SMILES string of the molecule is CCOC(=O)c1nn(-c2cccc(C#CC(O)(C=O)CCN(C)C)c2)c2c1CNC2=O. The van der Waals surface area contributed by atoms with Gasteiger partial charge in [0.2, 0.25) is 0 Å². The van der Waals surface area contributed by atoms with Crippen LogP contribution in [-0.4, -0.2) is 70.8 Å². The van der Waals surface area contributed by atoms with Crippen LogP contribution in [0.5, 0.6) is 0 Å². The van der Waals surface area contributed by atoms with E-state index < -0.39 is 11.6 Å². The fourth-order valence-electron chi connectivity index (χ4n) is 3.09. The summed E-state index contributed by atoms with van der Waals surface area (Å²) in [5.41, 5.74) is 0.110. The van der Waals surface area contributed by atoms with Crippen LogP contribution in [0.2, 0.25) is 0 Å². The van der Waals surface area contributed by atoms with Crippen LogP contribution in [0.15, 0.2) is 24.3 Å². The van der Waals surface area contributed by atoms with Crippen LogP contribution in [0.3, 0.4) is 0 Å². The van der Waals surface area contributed by atoms with Crippen LogP contribution in [-0.2, 0) is 16.1 Å². The van der Waals surface area contributed by atoms with E-state index in [0.29, 0.717) is 29.6 Å². The number of aliphatic hydroxyl groups is 1. The second-order valence-corrected chi connectivity index (χ2v) is 7.39. The molecule has 2 aromatic rings. The van der Waals surface area contributed by atoms with Gasteiger partial charge in [0.25, 0.3) is 5.91 Å². The van der Waals surface area contributed by atoms with E-state index in [0.717, 1.165) is 0 Å². The number of benzene rings is 1. The Balaban J connectivity index is 1.97. The Hall–Kier alpha value is -3.48. The molecule has 1 amide bonds. The van der Waals surface area contributed by atoms with Gasteiger partial charge in [0.05, 0.1) is 12.3 Å². The maximum absolute atomic E-state index is 12.3. The van der Waals surface area contributed by atoms with E-state index >= 15 is 0 Å². The summed E-state index contributed by atoms with van der Waals surface area (Å²) in [6.45, 7) is 2.58. The molecule has 0 fully saturated rings. The average molecular weight is 424 g/mol. The summed E-state index contributed by atoms with van der Waals surface area (Å²) in [5, 5.41) is 17.4. The van der Waals surface area contributed by atoms with E-state index in [1.807, 2.05) is 19.0 Å². The van der Waals surface area contributed by atoms with Gasteiger partial charge in [0.15, 0.2) is 17.6 Å². The van der Waals surface area contributed by atoms with Gasteiger partial charge in [-0.2, -0.15) is 5.10 Å². The predicted octanol–water partition coefficient (Wildman–Crippen LogP) is 0.526. The minimum absolute atomic E-state index is 0.0886. The van der Waals surface area contributed by atoms with Gasteiger partial charge in [0.1, 0.15) is 5.69 Å². The van der Waals surface area contributed by atoms with E-state index in [1.54, 1.807) is 31.2 Å². The highest BCUT2D eigenvalue weighted by atomic mass is 16.5. The van der Waals surface area contributed by atoms with Crippen LogP contribution >= 0.6 is 0 Å². The Morgan fingerprint density at radius 1 is 1.45 bits per heavy atom. The first-order chi connectivity index (χ1) is 14.8. The Kier molecular flexibility index (Phi) is 6.53. The molecule has 1 aliphatic rings. The highest BCUT2D eigenvalue weighted by Crippen LogP contribution is 2.24. The molecule has 1 aromatic carbocycles. The number of amides is 1. The van der Waals surface area contributed by atoms with Gasteiger partial charge in [-0.1, -0.05) is 17.9 Å². The summed E-state index contributed by atoms with van der Waals surface area (Å²) in [7, 11) is 3.68. The molecule has 9 nitrogen and oxygen atoms in total. The lowest BCUT2D eigenvalue weighted by Gasteiger charge is -2.17. The minimum Gasteiger partial charge on any atom is -0.461 e. The number of carbonyl (C=O) groups is 3. The van der Waals surface area contributed by atoms with Gasteiger partial charge in [-0.15, -0.1) is 0 Å². The molecule has 1 unspecified atom stereocenters. The van der Waals surface area contributed by atoms with Crippen LogP contribution < -0.4 is 5.32 Å². The largest absolute Gasteiger partial charge is 0.461 e. The van der Waals surface area contributed by atoms with E-state index in [9.17, 15) is 19.5 Å². The predicted molar refractivity (Wildman–Crippen MR) is 112 cm³/mol. The number of nitrogens with zero attached hydrogens (tertiary/aromatic N) is 3. The molecule has 0 spiro atoms. The van der Waals surface area contributed by atoms with E-state index in [2.05, 4.69) is 22.3 Å². The molecule has 1 atom stereocenters. The minimum atomic E-state index is -1.76. The van der Waals surface area contributed by atoms with Crippen molar-refractivity contribution >= 4 is 18.2 Å². The molecule has 162 valence electrons. The van der Waals surface area contributed by atoms with Crippen molar-refractivity contribution in [3.8, 4) is 17.5 Å². The molecule has 0 aliphatic carbocycles.